The van der Waals surface area contributed by atoms with Crippen molar-refractivity contribution in [3.05, 3.63) is 29.8 Å². The van der Waals surface area contributed by atoms with E-state index in [1.54, 1.807) is 11.8 Å². The molecule has 0 saturated heterocycles. The summed E-state index contributed by atoms with van der Waals surface area (Å²) in [6.07, 6.45) is 0.674. The molecule has 0 aromatic heterocycles. The largest absolute Gasteiger partial charge is 0.466 e. The maximum absolute atomic E-state index is 11.8. The summed E-state index contributed by atoms with van der Waals surface area (Å²) in [6, 6.07) is 7.67. The molecule has 0 saturated carbocycles. The smallest absolute Gasteiger partial charge is 0.307 e. The minimum Gasteiger partial charge on any atom is -0.466 e. The van der Waals surface area contributed by atoms with Crippen molar-refractivity contribution in [1.82, 2.24) is 0 Å². The summed E-state index contributed by atoms with van der Waals surface area (Å²) in [5.74, 6) is -0.208. The molecule has 1 aromatic carbocycles. The second-order valence-electron chi connectivity index (χ2n) is 3.91. The third-order valence-corrected chi connectivity index (χ3v) is 2.77. The van der Waals surface area contributed by atoms with Gasteiger partial charge in [0.05, 0.1) is 19.4 Å². The van der Waals surface area contributed by atoms with Gasteiger partial charge in [0.15, 0.2) is 0 Å². The zero-order chi connectivity index (χ0) is 12.3. The molecule has 0 unspecified atom stereocenters. The highest BCUT2D eigenvalue weighted by atomic mass is 16.5. The molecule has 1 aliphatic rings. The van der Waals surface area contributed by atoms with Gasteiger partial charge in [0.2, 0.25) is 5.91 Å². The molecule has 1 heterocycles. The molecule has 2 rings (SSSR count). The van der Waals surface area contributed by atoms with Crippen molar-refractivity contribution < 1.29 is 14.3 Å². The number of para-hydroxylation sites is 1. The number of rotatable bonds is 4. The van der Waals surface area contributed by atoms with Gasteiger partial charge in [0, 0.05) is 12.2 Å². The Morgan fingerprint density at radius 3 is 2.94 bits per heavy atom. The van der Waals surface area contributed by atoms with E-state index in [2.05, 4.69) is 0 Å². The first-order valence-electron chi connectivity index (χ1n) is 5.76. The van der Waals surface area contributed by atoms with Gasteiger partial charge in [-0.15, -0.1) is 0 Å². The highest BCUT2D eigenvalue weighted by molar-refractivity contribution is 6.01. The monoisotopic (exact) mass is 233 g/mol. The molecule has 90 valence electrons. The summed E-state index contributed by atoms with van der Waals surface area (Å²) < 4.78 is 4.85. The van der Waals surface area contributed by atoms with E-state index in [-0.39, 0.29) is 18.3 Å². The highest BCUT2D eigenvalue weighted by Crippen LogP contribution is 2.28. The first-order valence-corrected chi connectivity index (χ1v) is 5.76. The van der Waals surface area contributed by atoms with Crippen LogP contribution in [0.1, 0.15) is 18.9 Å². The van der Waals surface area contributed by atoms with Gasteiger partial charge in [-0.3, -0.25) is 9.59 Å². The summed E-state index contributed by atoms with van der Waals surface area (Å²) in [6.45, 7) is 2.55. The van der Waals surface area contributed by atoms with Crippen molar-refractivity contribution in [1.29, 1.82) is 0 Å². The van der Waals surface area contributed by atoms with Crippen LogP contribution < -0.4 is 4.90 Å². The molecule has 0 fully saturated rings. The fourth-order valence-electron chi connectivity index (χ4n) is 2.00. The molecular formula is C13H15NO3. The fraction of sp³-hybridized carbons (Fsp3) is 0.385. The van der Waals surface area contributed by atoms with Crippen LogP contribution in [-0.4, -0.2) is 25.0 Å². The number of ether oxygens (including phenoxy) is 1. The van der Waals surface area contributed by atoms with Crippen LogP contribution in [0.2, 0.25) is 0 Å². The second-order valence-corrected chi connectivity index (χ2v) is 3.91. The van der Waals surface area contributed by atoms with Crippen molar-refractivity contribution in [2.75, 3.05) is 18.1 Å². The predicted molar refractivity (Wildman–Crippen MR) is 63.7 cm³/mol. The van der Waals surface area contributed by atoms with E-state index in [4.69, 9.17) is 4.74 Å². The van der Waals surface area contributed by atoms with Gasteiger partial charge in [-0.05, 0) is 18.6 Å². The summed E-state index contributed by atoms with van der Waals surface area (Å²) in [5.41, 5.74) is 1.95. The van der Waals surface area contributed by atoms with Gasteiger partial charge in [-0.25, -0.2) is 0 Å². The van der Waals surface area contributed by atoms with E-state index in [0.29, 0.717) is 19.6 Å². The van der Waals surface area contributed by atoms with Crippen molar-refractivity contribution in [3.8, 4) is 0 Å². The molecule has 1 aromatic rings. The summed E-state index contributed by atoms with van der Waals surface area (Å²) >= 11 is 0. The molecule has 4 nitrogen and oxygen atoms in total. The third-order valence-electron chi connectivity index (χ3n) is 2.77. The molecule has 0 atom stereocenters. The van der Waals surface area contributed by atoms with Crippen LogP contribution >= 0.6 is 0 Å². The lowest BCUT2D eigenvalue weighted by Crippen LogP contribution is -2.29. The molecule has 1 aliphatic heterocycles. The van der Waals surface area contributed by atoms with Gasteiger partial charge in [-0.1, -0.05) is 18.2 Å². The lowest BCUT2D eigenvalue weighted by atomic mass is 10.2. The van der Waals surface area contributed by atoms with E-state index in [9.17, 15) is 9.59 Å². The summed E-state index contributed by atoms with van der Waals surface area (Å²) in [5, 5.41) is 0. The molecule has 0 aliphatic carbocycles. The van der Waals surface area contributed by atoms with E-state index in [1.165, 1.54) is 0 Å². The first kappa shape index (κ1) is 11.6. The van der Waals surface area contributed by atoms with Crippen LogP contribution in [0, 0.1) is 0 Å². The lowest BCUT2D eigenvalue weighted by molar-refractivity contribution is -0.142. The van der Waals surface area contributed by atoms with E-state index in [0.717, 1.165) is 11.3 Å². The van der Waals surface area contributed by atoms with Crippen LogP contribution in [-0.2, 0) is 20.7 Å². The Labute approximate surface area is 100 Å². The van der Waals surface area contributed by atoms with E-state index < -0.39 is 0 Å². The number of carbonyl (C=O) groups excluding carboxylic acids is 2. The third kappa shape index (κ3) is 2.46. The minimum atomic E-state index is -0.260. The van der Waals surface area contributed by atoms with E-state index >= 15 is 0 Å². The standard InChI is InChI=1S/C13H15NO3/c1-2-17-13(16)7-8-14-11-6-4-3-5-10(11)9-12(14)15/h3-6H,2,7-9H2,1H3. The van der Waals surface area contributed by atoms with Crippen LogP contribution in [0.25, 0.3) is 0 Å². The molecule has 0 spiro atoms. The number of amides is 1. The van der Waals surface area contributed by atoms with Crippen molar-refractivity contribution in [2.45, 2.75) is 19.8 Å². The number of nitrogens with zero attached hydrogens (tertiary/aromatic N) is 1. The first-order chi connectivity index (χ1) is 8.22. The molecule has 0 bridgehead atoms. The Kier molecular flexibility index (Phi) is 3.42. The van der Waals surface area contributed by atoms with Crippen molar-refractivity contribution >= 4 is 17.6 Å². The Morgan fingerprint density at radius 1 is 1.41 bits per heavy atom. The number of anilines is 1. The summed E-state index contributed by atoms with van der Waals surface area (Å²) in [4.78, 5) is 24.7. The Morgan fingerprint density at radius 2 is 2.18 bits per heavy atom. The van der Waals surface area contributed by atoms with Gasteiger partial charge < -0.3 is 9.64 Å². The molecule has 1 amide bonds. The van der Waals surface area contributed by atoms with Gasteiger partial charge in [0.1, 0.15) is 0 Å². The quantitative estimate of drug-likeness (QED) is 0.741. The zero-order valence-corrected chi connectivity index (χ0v) is 9.81. The van der Waals surface area contributed by atoms with Gasteiger partial charge >= 0.3 is 5.97 Å². The Bertz CT molecular complexity index is 442. The molecule has 0 N–H and O–H groups in total. The minimum absolute atomic E-state index is 0.0514. The van der Waals surface area contributed by atoms with Crippen molar-refractivity contribution in [2.24, 2.45) is 0 Å². The van der Waals surface area contributed by atoms with Gasteiger partial charge in [-0.2, -0.15) is 0 Å². The molecular weight excluding hydrogens is 218 g/mol. The Hall–Kier alpha value is -1.84. The number of carbonyl (C=O) groups is 2. The molecule has 4 heteroatoms. The Balaban J connectivity index is 2.02. The van der Waals surface area contributed by atoms with Crippen molar-refractivity contribution in [3.63, 3.8) is 0 Å². The zero-order valence-electron chi connectivity index (χ0n) is 9.81. The highest BCUT2D eigenvalue weighted by Gasteiger charge is 2.26. The maximum atomic E-state index is 11.8. The topological polar surface area (TPSA) is 46.6 Å². The fourth-order valence-corrected chi connectivity index (χ4v) is 2.00. The number of esters is 1. The average molecular weight is 233 g/mol. The van der Waals surface area contributed by atoms with Gasteiger partial charge in [0.25, 0.3) is 0 Å². The van der Waals surface area contributed by atoms with Crippen LogP contribution in [0.5, 0.6) is 0 Å². The number of fused-ring (bicyclic) bond motifs is 1. The lowest BCUT2D eigenvalue weighted by Gasteiger charge is -2.16. The average Bonchev–Trinajstić information content (AvgIpc) is 2.62. The van der Waals surface area contributed by atoms with Crippen LogP contribution in [0.4, 0.5) is 5.69 Å². The van der Waals surface area contributed by atoms with Crippen LogP contribution in [0.15, 0.2) is 24.3 Å². The molecule has 0 radical (unpaired) electrons. The second kappa shape index (κ2) is 4.99. The summed E-state index contributed by atoms with van der Waals surface area (Å²) in [7, 11) is 0. The SMILES string of the molecule is CCOC(=O)CCN1C(=O)Cc2ccccc21. The number of hydrogen-bond donors (Lipinski definition) is 0. The van der Waals surface area contributed by atoms with Crippen LogP contribution in [0.3, 0.4) is 0 Å². The maximum Gasteiger partial charge on any atom is 0.307 e. The normalized spacial score (nSPS) is 13.7. The van der Waals surface area contributed by atoms with E-state index in [1.807, 2.05) is 24.3 Å². The molecule has 17 heavy (non-hydrogen) atoms. The number of hydrogen-bond acceptors (Lipinski definition) is 3. The predicted octanol–water partition coefficient (Wildman–Crippen LogP) is 1.53. The number of benzene rings is 1.